The van der Waals surface area contributed by atoms with E-state index in [1.54, 1.807) is 18.4 Å². The average molecular weight is 385 g/mol. The third-order valence-electron chi connectivity index (χ3n) is 3.57. The average Bonchev–Trinajstić information content (AvgIpc) is 3.43. The van der Waals surface area contributed by atoms with Gasteiger partial charge in [0.25, 0.3) is 0 Å². The highest BCUT2D eigenvalue weighted by Gasteiger charge is 2.11. The van der Waals surface area contributed by atoms with E-state index in [2.05, 4.69) is 36.8 Å². The number of hydrogen-bond acceptors (Lipinski definition) is 8. The third-order valence-corrected chi connectivity index (χ3v) is 5.28. The molecule has 0 atom stereocenters. The number of hydrogen-bond donors (Lipinski definition) is 1. The van der Waals surface area contributed by atoms with Crippen molar-refractivity contribution in [1.29, 1.82) is 0 Å². The van der Waals surface area contributed by atoms with Crippen molar-refractivity contribution in [1.82, 2.24) is 25.3 Å². The molecule has 1 aromatic carbocycles. The minimum atomic E-state index is 0.513. The van der Waals surface area contributed by atoms with E-state index in [1.807, 2.05) is 30.3 Å². The minimum Gasteiger partial charge on any atom is -0.497 e. The predicted octanol–water partition coefficient (Wildman–Crippen LogP) is 3.81. The number of nitrogens with one attached hydrogen (secondary N) is 1. The Hall–Kier alpha value is -2.65. The molecule has 7 nitrogen and oxygen atoms in total. The van der Waals surface area contributed by atoms with Crippen molar-refractivity contribution in [2.45, 2.75) is 17.3 Å². The van der Waals surface area contributed by atoms with Crippen molar-refractivity contribution in [3.63, 3.8) is 0 Å². The molecule has 9 heteroatoms. The Labute approximate surface area is 157 Å². The lowest BCUT2D eigenvalue weighted by molar-refractivity contribution is 0.391. The molecule has 132 valence electrons. The van der Waals surface area contributed by atoms with Crippen LogP contribution >= 0.6 is 23.1 Å². The van der Waals surface area contributed by atoms with Crippen molar-refractivity contribution in [3.05, 3.63) is 58.4 Å². The van der Waals surface area contributed by atoms with Gasteiger partial charge in [-0.25, -0.2) is 4.98 Å². The molecule has 0 saturated heterocycles. The normalized spacial score (nSPS) is 11.0. The zero-order valence-electron chi connectivity index (χ0n) is 13.9. The van der Waals surface area contributed by atoms with Gasteiger partial charge in [0.05, 0.1) is 12.9 Å². The molecule has 1 N–H and O–H groups in total. The van der Waals surface area contributed by atoms with Crippen LogP contribution in [0.4, 0.5) is 0 Å². The Balaban J connectivity index is 1.36. The van der Waals surface area contributed by atoms with E-state index in [1.165, 1.54) is 16.6 Å². The molecule has 0 saturated carbocycles. The molecule has 0 aliphatic heterocycles. The van der Waals surface area contributed by atoms with Crippen LogP contribution < -0.4 is 4.74 Å². The first-order valence-corrected chi connectivity index (χ1v) is 9.70. The molecular formula is C17H15N5O2S2. The van der Waals surface area contributed by atoms with E-state index in [0.717, 1.165) is 23.6 Å². The highest BCUT2D eigenvalue weighted by molar-refractivity contribution is 7.98. The van der Waals surface area contributed by atoms with E-state index in [4.69, 9.17) is 9.26 Å². The van der Waals surface area contributed by atoms with Gasteiger partial charge in [-0.2, -0.15) is 4.98 Å². The van der Waals surface area contributed by atoms with Gasteiger partial charge in [-0.05, 0) is 35.7 Å². The summed E-state index contributed by atoms with van der Waals surface area (Å²) in [6.07, 6.45) is 0.757. The molecule has 3 heterocycles. The maximum absolute atomic E-state index is 5.31. The Kier molecular flexibility index (Phi) is 4.98. The fraction of sp³-hybridized carbons (Fsp3) is 0.176. The van der Waals surface area contributed by atoms with Crippen molar-refractivity contribution < 1.29 is 9.26 Å². The number of nitrogens with zero attached hydrogens (tertiary/aromatic N) is 4. The second kappa shape index (κ2) is 7.71. The van der Waals surface area contributed by atoms with Crippen molar-refractivity contribution in [3.8, 4) is 17.1 Å². The fourth-order valence-corrected chi connectivity index (χ4v) is 3.66. The number of thiophene rings is 1. The lowest BCUT2D eigenvalue weighted by Gasteiger charge is -1.98. The SMILES string of the molecule is COc1ccc(-c2noc(CSc3n[nH]c(Cc4cccs4)n3)n2)cc1. The van der Waals surface area contributed by atoms with Gasteiger partial charge in [0.2, 0.25) is 16.9 Å². The Morgan fingerprint density at radius 1 is 1.19 bits per heavy atom. The van der Waals surface area contributed by atoms with Gasteiger partial charge in [0.1, 0.15) is 11.6 Å². The van der Waals surface area contributed by atoms with Crippen LogP contribution in [0.1, 0.15) is 16.6 Å². The molecule has 0 fully saturated rings. The molecule has 0 aliphatic carbocycles. The lowest BCUT2D eigenvalue weighted by atomic mass is 10.2. The maximum atomic E-state index is 5.31. The van der Waals surface area contributed by atoms with E-state index in [9.17, 15) is 0 Å². The number of rotatable bonds is 7. The number of aromatic nitrogens is 5. The standard InChI is InChI=1S/C17H15N5O2S2/c1-23-12-6-4-11(5-7-12)16-19-15(24-22-16)10-26-17-18-14(20-21-17)9-13-3-2-8-25-13/h2-8H,9-10H2,1H3,(H,18,20,21). The van der Waals surface area contributed by atoms with Crippen LogP contribution in [0.2, 0.25) is 0 Å². The van der Waals surface area contributed by atoms with Crippen LogP contribution in [0, 0.1) is 0 Å². The summed E-state index contributed by atoms with van der Waals surface area (Å²) in [6, 6.07) is 11.6. The summed E-state index contributed by atoms with van der Waals surface area (Å²) in [5.74, 6) is 3.23. The Morgan fingerprint density at radius 2 is 2.08 bits per heavy atom. The Bertz CT molecular complexity index is 963. The predicted molar refractivity (Wildman–Crippen MR) is 99.4 cm³/mol. The summed E-state index contributed by atoms with van der Waals surface area (Å²) >= 11 is 3.16. The van der Waals surface area contributed by atoms with Gasteiger partial charge < -0.3 is 9.26 Å². The Morgan fingerprint density at radius 3 is 2.85 bits per heavy atom. The van der Waals surface area contributed by atoms with Crippen LogP contribution in [-0.2, 0) is 12.2 Å². The molecule has 3 aromatic heterocycles. The summed E-state index contributed by atoms with van der Waals surface area (Å²) in [4.78, 5) is 10.1. The summed E-state index contributed by atoms with van der Waals surface area (Å²) < 4.78 is 10.5. The van der Waals surface area contributed by atoms with Crippen molar-refractivity contribution in [2.24, 2.45) is 0 Å². The number of benzene rings is 1. The van der Waals surface area contributed by atoms with Gasteiger partial charge in [-0.1, -0.05) is 23.0 Å². The highest BCUT2D eigenvalue weighted by Crippen LogP contribution is 2.23. The van der Waals surface area contributed by atoms with Gasteiger partial charge >= 0.3 is 0 Å². The monoisotopic (exact) mass is 385 g/mol. The quantitative estimate of drug-likeness (QED) is 0.484. The number of thioether (sulfide) groups is 1. The van der Waals surface area contributed by atoms with E-state index >= 15 is 0 Å². The number of ether oxygens (including phenoxy) is 1. The molecule has 4 rings (SSSR count). The number of aromatic amines is 1. The van der Waals surface area contributed by atoms with Crippen LogP contribution in [0.3, 0.4) is 0 Å². The van der Waals surface area contributed by atoms with Crippen LogP contribution in [-0.4, -0.2) is 32.4 Å². The van der Waals surface area contributed by atoms with E-state index in [-0.39, 0.29) is 0 Å². The van der Waals surface area contributed by atoms with Gasteiger partial charge in [0, 0.05) is 16.9 Å². The van der Waals surface area contributed by atoms with Crippen LogP contribution in [0.5, 0.6) is 5.75 Å². The molecular weight excluding hydrogens is 370 g/mol. The summed E-state index contributed by atoms with van der Waals surface area (Å²) in [5, 5.41) is 13.9. The molecule has 0 spiro atoms. The number of methoxy groups -OCH3 is 1. The van der Waals surface area contributed by atoms with E-state index < -0.39 is 0 Å². The molecule has 0 unspecified atom stereocenters. The zero-order chi connectivity index (χ0) is 17.8. The van der Waals surface area contributed by atoms with Gasteiger partial charge in [0.15, 0.2) is 0 Å². The first kappa shape index (κ1) is 16.8. The number of H-pyrrole nitrogens is 1. The maximum Gasteiger partial charge on any atom is 0.237 e. The molecule has 0 amide bonds. The lowest BCUT2D eigenvalue weighted by Crippen LogP contribution is -1.87. The highest BCUT2D eigenvalue weighted by atomic mass is 32.2. The fourth-order valence-electron chi connectivity index (χ4n) is 2.30. The molecule has 0 bridgehead atoms. The minimum absolute atomic E-state index is 0.513. The smallest absolute Gasteiger partial charge is 0.237 e. The molecule has 26 heavy (non-hydrogen) atoms. The molecule has 0 radical (unpaired) electrons. The first-order valence-electron chi connectivity index (χ1n) is 7.83. The third kappa shape index (κ3) is 3.94. The molecule has 4 aromatic rings. The van der Waals surface area contributed by atoms with Crippen molar-refractivity contribution in [2.75, 3.05) is 7.11 Å². The summed E-state index contributed by atoms with van der Waals surface area (Å²) in [7, 11) is 1.63. The van der Waals surface area contributed by atoms with Gasteiger partial charge in [-0.3, -0.25) is 5.10 Å². The molecule has 0 aliphatic rings. The largest absolute Gasteiger partial charge is 0.497 e. The summed E-state index contributed by atoms with van der Waals surface area (Å²) in [6.45, 7) is 0. The van der Waals surface area contributed by atoms with Crippen molar-refractivity contribution >= 4 is 23.1 Å². The second-order valence-corrected chi connectivity index (χ2v) is 7.32. The topological polar surface area (TPSA) is 89.7 Å². The van der Waals surface area contributed by atoms with Crippen LogP contribution in [0.25, 0.3) is 11.4 Å². The summed E-state index contributed by atoms with van der Waals surface area (Å²) in [5.41, 5.74) is 0.877. The van der Waals surface area contributed by atoms with Gasteiger partial charge in [-0.15, -0.1) is 16.4 Å². The zero-order valence-corrected chi connectivity index (χ0v) is 15.5. The second-order valence-electron chi connectivity index (χ2n) is 5.35. The first-order chi connectivity index (χ1) is 12.8. The van der Waals surface area contributed by atoms with Crippen LogP contribution in [0.15, 0.2) is 51.5 Å². The van der Waals surface area contributed by atoms with E-state index in [0.29, 0.717) is 22.6 Å².